The molecule has 0 radical (unpaired) electrons. The average Bonchev–Trinajstić information content (AvgIpc) is 2.55. The third-order valence-corrected chi connectivity index (χ3v) is 3.19. The average molecular weight is 328 g/mol. The number of nitrogens with zero attached hydrogens (tertiary/aromatic N) is 2. The molecular formula is C18H21FN4O. The molecule has 0 aliphatic carbocycles. The molecule has 1 amide bonds. The summed E-state index contributed by atoms with van der Waals surface area (Å²) in [6, 6.07) is 15.6. The lowest BCUT2D eigenvalue weighted by atomic mass is 10.2. The van der Waals surface area contributed by atoms with Crippen LogP contribution in [-0.2, 0) is 11.3 Å². The lowest BCUT2D eigenvalue weighted by Gasteiger charge is -2.17. The van der Waals surface area contributed by atoms with Crippen molar-refractivity contribution in [1.29, 1.82) is 0 Å². The van der Waals surface area contributed by atoms with Crippen LogP contribution in [0.25, 0.3) is 0 Å². The van der Waals surface area contributed by atoms with Crippen LogP contribution < -0.4 is 10.6 Å². The molecular weight excluding hydrogens is 307 g/mol. The number of nitrogens with one attached hydrogen (secondary N) is 2. The van der Waals surface area contributed by atoms with Gasteiger partial charge in [0.15, 0.2) is 5.96 Å². The van der Waals surface area contributed by atoms with E-state index in [1.54, 1.807) is 17.0 Å². The lowest BCUT2D eigenvalue weighted by Crippen LogP contribution is -2.40. The molecule has 0 aliphatic rings. The summed E-state index contributed by atoms with van der Waals surface area (Å²) < 4.78 is 13.1. The number of aliphatic imine (C=N–C) groups is 1. The molecule has 0 saturated heterocycles. The van der Waals surface area contributed by atoms with Crippen molar-refractivity contribution in [2.75, 3.05) is 26.0 Å². The van der Waals surface area contributed by atoms with Gasteiger partial charge in [0.1, 0.15) is 5.82 Å². The highest BCUT2D eigenvalue weighted by molar-refractivity contribution is 5.94. The first-order chi connectivity index (χ1) is 11.5. The van der Waals surface area contributed by atoms with E-state index in [1.165, 1.54) is 12.1 Å². The molecule has 2 rings (SSSR count). The van der Waals surface area contributed by atoms with E-state index in [1.807, 2.05) is 44.4 Å². The zero-order chi connectivity index (χ0) is 17.4. The van der Waals surface area contributed by atoms with E-state index in [0.717, 1.165) is 5.56 Å². The van der Waals surface area contributed by atoms with Gasteiger partial charge in [-0.3, -0.25) is 4.79 Å². The minimum atomic E-state index is -0.390. The molecule has 0 atom stereocenters. The minimum Gasteiger partial charge on any atom is -0.349 e. The Morgan fingerprint density at radius 2 is 1.88 bits per heavy atom. The van der Waals surface area contributed by atoms with E-state index >= 15 is 0 Å². The Labute approximate surface area is 141 Å². The fourth-order valence-corrected chi connectivity index (χ4v) is 2.04. The van der Waals surface area contributed by atoms with Crippen molar-refractivity contribution in [3.05, 3.63) is 66.0 Å². The van der Waals surface area contributed by atoms with E-state index in [4.69, 9.17) is 0 Å². The third-order valence-electron chi connectivity index (χ3n) is 3.19. The van der Waals surface area contributed by atoms with Gasteiger partial charge in [0, 0.05) is 19.8 Å². The molecule has 6 heteroatoms. The first-order valence-electron chi connectivity index (χ1n) is 7.59. The SMILES string of the molecule is CN(C)C(=NCc1ccccc1)NCC(=O)Nc1cccc(F)c1. The number of amides is 1. The van der Waals surface area contributed by atoms with Gasteiger partial charge in [0.25, 0.3) is 0 Å². The van der Waals surface area contributed by atoms with E-state index in [0.29, 0.717) is 18.2 Å². The molecule has 0 saturated carbocycles. The Kier molecular flexibility index (Phi) is 6.31. The number of carbonyl (C=O) groups is 1. The van der Waals surface area contributed by atoms with Gasteiger partial charge in [-0.25, -0.2) is 9.38 Å². The molecule has 5 nitrogen and oxygen atoms in total. The molecule has 0 aliphatic heterocycles. The van der Waals surface area contributed by atoms with Gasteiger partial charge in [-0.2, -0.15) is 0 Å². The smallest absolute Gasteiger partial charge is 0.243 e. The monoisotopic (exact) mass is 328 g/mol. The fourth-order valence-electron chi connectivity index (χ4n) is 2.04. The van der Waals surface area contributed by atoms with Crippen LogP contribution in [0.2, 0.25) is 0 Å². The van der Waals surface area contributed by atoms with Crippen LogP contribution in [0.1, 0.15) is 5.56 Å². The number of anilines is 1. The highest BCUT2D eigenvalue weighted by Gasteiger charge is 2.07. The molecule has 0 heterocycles. The molecule has 126 valence electrons. The molecule has 0 spiro atoms. The van der Waals surface area contributed by atoms with Crippen LogP contribution in [0, 0.1) is 5.82 Å². The second-order valence-corrected chi connectivity index (χ2v) is 5.43. The summed E-state index contributed by atoms with van der Waals surface area (Å²) in [7, 11) is 3.70. The van der Waals surface area contributed by atoms with E-state index in [-0.39, 0.29) is 18.3 Å². The third kappa shape index (κ3) is 5.72. The van der Waals surface area contributed by atoms with Crippen LogP contribution >= 0.6 is 0 Å². The summed E-state index contributed by atoms with van der Waals surface area (Å²) in [5.74, 6) is -0.0535. The second kappa shape index (κ2) is 8.67. The first-order valence-corrected chi connectivity index (χ1v) is 7.59. The predicted molar refractivity (Wildman–Crippen MR) is 94.3 cm³/mol. The molecule has 2 aromatic carbocycles. The number of hydrogen-bond donors (Lipinski definition) is 2. The van der Waals surface area contributed by atoms with Crippen molar-refractivity contribution < 1.29 is 9.18 Å². The summed E-state index contributed by atoms with van der Waals surface area (Å²) in [5.41, 5.74) is 1.51. The number of rotatable bonds is 5. The van der Waals surface area contributed by atoms with Crippen LogP contribution in [0.3, 0.4) is 0 Å². The zero-order valence-corrected chi connectivity index (χ0v) is 13.8. The van der Waals surface area contributed by atoms with Crippen molar-refractivity contribution in [3.63, 3.8) is 0 Å². The number of hydrogen-bond acceptors (Lipinski definition) is 2. The van der Waals surface area contributed by atoms with Crippen molar-refractivity contribution >= 4 is 17.6 Å². The largest absolute Gasteiger partial charge is 0.349 e. The standard InChI is InChI=1S/C18H21FN4O/c1-23(2)18(20-12-14-7-4-3-5-8-14)21-13-17(24)22-16-10-6-9-15(19)11-16/h3-11H,12-13H2,1-2H3,(H,20,21)(H,22,24). The second-order valence-electron chi connectivity index (χ2n) is 5.43. The Hall–Kier alpha value is -2.89. The topological polar surface area (TPSA) is 56.7 Å². The Balaban J connectivity index is 1.90. The van der Waals surface area contributed by atoms with Gasteiger partial charge >= 0.3 is 0 Å². The van der Waals surface area contributed by atoms with Crippen molar-refractivity contribution in [1.82, 2.24) is 10.2 Å². The molecule has 2 N–H and O–H groups in total. The summed E-state index contributed by atoms with van der Waals surface area (Å²) in [4.78, 5) is 18.2. The number of halogens is 1. The molecule has 0 bridgehead atoms. The predicted octanol–water partition coefficient (Wildman–Crippen LogP) is 2.47. The summed E-state index contributed by atoms with van der Waals surface area (Å²) in [6.07, 6.45) is 0. The summed E-state index contributed by atoms with van der Waals surface area (Å²) >= 11 is 0. The van der Waals surface area contributed by atoms with Gasteiger partial charge in [-0.05, 0) is 23.8 Å². The molecule has 0 aromatic heterocycles. The maximum absolute atomic E-state index is 13.1. The Morgan fingerprint density at radius 3 is 2.54 bits per heavy atom. The molecule has 24 heavy (non-hydrogen) atoms. The van der Waals surface area contributed by atoms with Gasteiger partial charge in [0.05, 0.1) is 13.1 Å². The quantitative estimate of drug-likeness (QED) is 0.655. The van der Waals surface area contributed by atoms with E-state index in [2.05, 4.69) is 15.6 Å². The highest BCUT2D eigenvalue weighted by Crippen LogP contribution is 2.08. The van der Waals surface area contributed by atoms with Crippen LogP contribution in [0.5, 0.6) is 0 Å². The van der Waals surface area contributed by atoms with Crippen LogP contribution in [0.4, 0.5) is 10.1 Å². The van der Waals surface area contributed by atoms with Gasteiger partial charge < -0.3 is 15.5 Å². The van der Waals surface area contributed by atoms with E-state index < -0.39 is 0 Å². The lowest BCUT2D eigenvalue weighted by molar-refractivity contribution is -0.115. The van der Waals surface area contributed by atoms with Crippen molar-refractivity contribution in [3.8, 4) is 0 Å². The number of guanidine groups is 1. The van der Waals surface area contributed by atoms with Gasteiger partial charge in [-0.1, -0.05) is 36.4 Å². The molecule has 0 fully saturated rings. The normalized spacial score (nSPS) is 11.0. The van der Waals surface area contributed by atoms with Crippen LogP contribution in [0.15, 0.2) is 59.6 Å². The maximum Gasteiger partial charge on any atom is 0.243 e. The highest BCUT2D eigenvalue weighted by atomic mass is 19.1. The van der Waals surface area contributed by atoms with Crippen molar-refractivity contribution in [2.45, 2.75) is 6.54 Å². The number of benzene rings is 2. The van der Waals surface area contributed by atoms with Crippen molar-refractivity contribution in [2.24, 2.45) is 4.99 Å². The summed E-state index contributed by atoms with van der Waals surface area (Å²) in [6.45, 7) is 0.565. The minimum absolute atomic E-state index is 0.0440. The Bertz CT molecular complexity index is 701. The first kappa shape index (κ1) is 17.5. The molecule has 2 aromatic rings. The maximum atomic E-state index is 13.1. The Morgan fingerprint density at radius 1 is 1.12 bits per heavy atom. The van der Waals surface area contributed by atoms with Gasteiger partial charge in [-0.15, -0.1) is 0 Å². The summed E-state index contributed by atoms with van der Waals surface area (Å²) in [5, 5.41) is 5.63. The van der Waals surface area contributed by atoms with Gasteiger partial charge in [0.2, 0.25) is 5.91 Å². The fraction of sp³-hybridized carbons (Fsp3) is 0.222. The van der Waals surface area contributed by atoms with E-state index in [9.17, 15) is 9.18 Å². The van der Waals surface area contributed by atoms with Crippen LogP contribution in [-0.4, -0.2) is 37.4 Å². The zero-order valence-electron chi connectivity index (χ0n) is 13.8. The number of carbonyl (C=O) groups excluding carboxylic acids is 1. The molecule has 0 unspecified atom stereocenters.